The van der Waals surface area contributed by atoms with Crippen LogP contribution in [-0.2, 0) is 22.7 Å². The number of benzene rings is 1. The van der Waals surface area contributed by atoms with E-state index in [4.69, 9.17) is 0 Å². The van der Waals surface area contributed by atoms with Crippen molar-refractivity contribution in [1.82, 2.24) is 9.80 Å². The molecule has 0 saturated heterocycles. The van der Waals surface area contributed by atoms with Crippen molar-refractivity contribution in [3.05, 3.63) is 57.5 Å². The van der Waals surface area contributed by atoms with Crippen molar-refractivity contribution in [2.75, 3.05) is 6.54 Å². The van der Waals surface area contributed by atoms with Gasteiger partial charge in [0.1, 0.15) is 12.4 Å². The van der Waals surface area contributed by atoms with E-state index in [-0.39, 0.29) is 30.2 Å². The number of carbonyl (C=O) groups excluding carboxylic acids is 2. The summed E-state index contributed by atoms with van der Waals surface area (Å²) in [5.74, 6) is -0.225. The lowest BCUT2D eigenvalue weighted by Crippen LogP contribution is -2.43. The summed E-state index contributed by atoms with van der Waals surface area (Å²) in [6.07, 6.45) is 9.35. The van der Waals surface area contributed by atoms with Gasteiger partial charge >= 0.3 is 0 Å². The molecule has 180 valence electrons. The molecule has 0 N–H and O–H groups in total. The Morgan fingerprint density at radius 2 is 1.67 bits per heavy atom. The first-order valence-electron chi connectivity index (χ1n) is 12.3. The fourth-order valence-electron chi connectivity index (χ4n) is 4.03. The maximum atomic E-state index is 13.4. The van der Waals surface area contributed by atoms with Crippen molar-refractivity contribution >= 4 is 23.2 Å². The third-order valence-corrected chi connectivity index (χ3v) is 7.31. The molecule has 1 fully saturated rings. The van der Waals surface area contributed by atoms with Gasteiger partial charge in [0.25, 0.3) is 0 Å². The molecule has 0 unspecified atom stereocenters. The van der Waals surface area contributed by atoms with Crippen LogP contribution in [0.15, 0.2) is 35.7 Å². The van der Waals surface area contributed by atoms with E-state index in [0.29, 0.717) is 19.5 Å². The predicted molar refractivity (Wildman–Crippen MR) is 132 cm³/mol. The van der Waals surface area contributed by atoms with Crippen LogP contribution in [-0.4, -0.2) is 34.2 Å². The minimum absolute atomic E-state index is 0.0460. The van der Waals surface area contributed by atoms with Crippen LogP contribution < -0.4 is 0 Å². The molecule has 0 aliphatic heterocycles. The Morgan fingerprint density at radius 1 is 0.970 bits per heavy atom. The van der Waals surface area contributed by atoms with Gasteiger partial charge in [-0.3, -0.25) is 9.59 Å². The summed E-state index contributed by atoms with van der Waals surface area (Å²) in [5.41, 5.74) is 2.05. The number of amides is 2. The topological polar surface area (TPSA) is 40.6 Å². The van der Waals surface area contributed by atoms with Gasteiger partial charge in [0.2, 0.25) is 11.8 Å². The van der Waals surface area contributed by atoms with E-state index >= 15 is 0 Å². The number of hydrogen-bond acceptors (Lipinski definition) is 3. The SMILES string of the molecule is CCCCCCCCC(=O)N(CC(=O)N(Cc1ccc(F)cc1)Cc1sccc1C)C1CC1. The summed E-state index contributed by atoms with van der Waals surface area (Å²) in [4.78, 5) is 31.1. The first-order valence-corrected chi connectivity index (χ1v) is 13.2. The number of hydrogen-bond donors (Lipinski definition) is 0. The van der Waals surface area contributed by atoms with Crippen molar-refractivity contribution in [1.29, 1.82) is 0 Å². The zero-order chi connectivity index (χ0) is 23.6. The number of carbonyl (C=O) groups is 2. The van der Waals surface area contributed by atoms with Crippen LogP contribution in [0.4, 0.5) is 4.39 Å². The maximum absolute atomic E-state index is 13.4. The number of rotatable bonds is 14. The second kappa shape index (κ2) is 12.9. The Balaban J connectivity index is 1.62. The van der Waals surface area contributed by atoms with Gasteiger partial charge in [-0.2, -0.15) is 0 Å². The fourth-order valence-corrected chi connectivity index (χ4v) is 4.96. The molecule has 1 aliphatic carbocycles. The fraction of sp³-hybridized carbons (Fsp3) is 0.556. The lowest BCUT2D eigenvalue weighted by atomic mass is 10.1. The summed E-state index contributed by atoms with van der Waals surface area (Å²) >= 11 is 1.64. The summed E-state index contributed by atoms with van der Waals surface area (Å²) in [6.45, 7) is 5.29. The van der Waals surface area contributed by atoms with Crippen molar-refractivity contribution in [3.63, 3.8) is 0 Å². The zero-order valence-corrected chi connectivity index (χ0v) is 20.8. The van der Waals surface area contributed by atoms with Crippen LogP contribution >= 0.6 is 11.3 Å². The highest BCUT2D eigenvalue weighted by atomic mass is 32.1. The van der Waals surface area contributed by atoms with Crippen LogP contribution in [0.2, 0.25) is 0 Å². The molecule has 33 heavy (non-hydrogen) atoms. The molecule has 0 spiro atoms. The Kier molecular flexibility index (Phi) is 9.92. The van der Waals surface area contributed by atoms with E-state index in [0.717, 1.165) is 41.7 Å². The van der Waals surface area contributed by atoms with Crippen LogP contribution in [0.5, 0.6) is 0 Å². The molecular weight excluding hydrogens is 435 g/mol. The van der Waals surface area contributed by atoms with E-state index < -0.39 is 0 Å². The minimum Gasteiger partial charge on any atom is -0.332 e. The molecule has 1 heterocycles. The average Bonchev–Trinajstić information content (AvgIpc) is 3.57. The molecule has 0 atom stereocenters. The number of thiophene rings is 1. The van der Waals surface area contributed by atoms with Gasteiger partial charge in [0.15, 0.2) is 0 Å². The van der Waals surface area contributed by atoms with Gasteiger partial charge in [-0.05, 0) is 60.9 Å². The molecule has 2 aromatic rings. The van der Waals surface area contributed by atoms with Gasteiger partial charge in [-0.25, -0.2) is 4.39 Å². The van der Waals surface area contributed by atoms with Crippen LogP contribution in [0.25, 0.3) is 0 Å². The standard InChI is InChI=1S/C27H37FN2O2S/c1-3-4-5-6-7-8-9-26(31)30(24-14-15-24)20-27(32)29(19-25-21(2)16-17-33-25)18-22-10-12-23(28)13-11-22/h10-13,16-17,24H,3-9,14-15,18-20H2,1-2H3. The molecule has 0 radical (unpaired) electrons. The lowest BCUT2D eigenvalue weighted by molar-refractivity contribution is -0.141. The summed E-state index contributed by atoms with van der Waals surface area (Å²) in [7, 11) is 0. The van der Waals surface area contributed by atoms with Gasteiger partial charge in [-0.15, -0.1) is 11.3 Å². The third kappa shape index (κ3) is 8.26. The van der Waals surface area contributed by atoms with Crippen molar-refractivity contribution in [3.8, 4) is 0 Å². The highest BCUT2D eigenvalue weighted by Gasteiger charge is 2.34. The third-order valence-electron chi connectivity index (χ3n) is 6.30. The first-order chi connectivity index (χ1) is 16.0. The lowest BCUT2D eigenvalue weighted by Gasteiger charge is -2.28. The van der Waals surface area contributed by atoms with E-state index in [1.807, 2.05) is 17.2 Å². The molecule has 2 amide bonds. The van der Waals surface area contributed by atoms with E-state index in [1.165, 1.54) is 37.8 Å². The Morgan fingerprint density at radius 3 is 2.30 bits per heavy atom. The molecule has 6 heteroatoms. The summed E-state index contributed by atoms with van der Waals surface area (Å²) < 4.78 is 13.4. The Bertz CT molecular complexity index is 892. The largest absolute Gasteiger partial charge is 0.332 e. The molecular formula is C27H37FN2O2S. The Labute approximate surface area is 201 Å². The molecule has 1 aromatic heterocycles. The van der Waals surface area contributed by atoms with Gasteiger partial charge in [0, 0.05) is 23.9 Å². The van der Waals surface area contributed by atoms with Gasteiger partial charge in [0.05, 0.1) is 6.54 Å². The summed E-state index contributed by atoms with van der Waals surface area (Å²) in [5, 5.41) is 2.03. The monoisotopic (exact) mass is 472 g/mol. The second-order valence-electron chi connectivity index (χ2n) is 9.17. The number of aryl methyl sites for hydroxylation is 1. The minimum atomic E-state index is -0.286. The van der Waals surface area contributed by atoms with E-state index in [9.17, 15) is 14.0 Å². The highest BCUT2D eigenvalue weighted by Crippen LogP contribution is 2.28. The summed E-state index contributed by atoms with van der Waals surface area (Å²) in [6, 6.07) is 8.56. The normalized spacial score (nSPS) is 13.2. The first kappa shape index (κ1) is 25.4. The highest BCUT2D eigenvalue weighted by molar-refractivity contribution is 7.10. The maximum Gasteiger partial charge on any atom is 0.242 e. The quantitative estimate of drug-likeness (QED) is 0.296. The zero-order valence-electron chi connectivity index (χ0n) is 20.0. The van der Waals surface area contributed by atoms with Crippen molar-refractivity contribution in [2.24, 2.45) is 0 Å². The van der Waals surface area contributed by atoms with Crippen molar-refractivity contribution in [2.45, 2.75) is 90.8 Å². The number of halogens is 1. The molecule has 3 rings (SSSR count). The molecule has 1 saturated carbocycles. The van der Waals surface area contributed by atoms with E-state index in [2.05, 4.69) is 13.0 Å². The Hall–Kier alpha value is -2.21. The van der Waals surface area contributed by atoms with Crippen LogP contribution in [0.3, 0.4) is 0 Å². The molecule has 1 aromatic carbocycles. The number of nitrogens with zero attached hydrogens (tertiary/aromatic N) is 2. The number of unbranched alkanes of at least 4 members (excludes halogenated alkanes) is 5. The van der Waals surface area contributed by atoms with Gasteiger partial charge < -0.3 is 9.80 Å². The smallest absolute Gasteiger partial charge is 0.242 e. The average molecular weight is 473 g/mol. The second-order valence-corrected chi connectivity index (χ2v) is 10.2. The van der Waals surface area contributed by atoms with Crippen LogP contribution in [0, 0.1) is 12.7 Å². The predicted octanol–water partition coefficient (Wildman–Crippen LogP) is 6.47. The van der Waals surface area contributed by atoms with Gasteiger partial charge in [-0.1, -0.05) is 51.2 Å². The van der Waals surface area contributed by atoms with E-state index in [1.54, 1.807) is 28.4 Å². The van der Waals surface area contributed by atoms with Crippen molar-refractivity contribution < 1.29 is 14.0 Å². The molecule has 0 bridgehead atoms. The van der Waals surface area contributed by atoms with Crippen LogP contribution in [0.1, 0.15) is 80.7 Å². The molecule has 1 aliphatic rings. The molecule has 4 nitrogen and oxygen atoms in total.